The summed E-state index contributed by atoms with van der Waals surface area (Å²) in [6.45, 7) is 2.79. The summed E-state index contributed by atoms with van der Waals surface area (Å²) in [6.07, 6.45) is 7.09. The molecule has 173 valence electrons. The molecule has 1 aliphatic heterocycles. The monoisotopic (exact) mass is 499 g/mol. The Kier molecular flexibility index (Phi) is 7.72. The summed E-state index contributed by atoms with van der Waals surface area (Å²) in [4.78, 5) is 17.4. The molecular weight excluding hydrogens is 471 g/mol. The van der Waals surface area contributed by atoms with Gasteiger partial charge in [0.2, 0.25) is 5.13 Å². The van der Waals surface area contributed by atoms with Crippen molar-refractivity contribution in [1.82, 2.24) is 9.71 Å². The molecule has 3 aliphatic rings. The van der Waals surface area contributed by atoms with Gasteiger partial charge in [0, 0.05) is 53.8 Å². The van der Waals surface area contributed by atoms with E-state index in [1.54, 1.807) is 0 Å². The number of hydrogen-bond donors (Lipinski definition) is 2. The normalized spacial score (nSPS) is 17.7. The summed E-state index contributed by atoms with van der Waals surface area (Å²) >= 11 is 1.26. The largest absolute Gasteiger partial charge is 0.381 e. The van der Waals surface area contributed by atoms with E-state index in [-0.39, 0.29) is 35.6 Å². The van der Waals surface area contributed by atoms with E-state index in [0.29, 0.717) is 31.2 Å². The standard InChI is InChI=1S/C22H28N4O4S2.Na/c1-14-13-31-22(23-14)26(17-8-10-30-11-9-17)32(28,29)25-21(27)24-20-18-6-2-4-15(18)12-16-5-3-7-19(16)20;/h12-13,17H,2-11H2,1H3,(H2,24,25,27);. The number of aryl methyl sites for hydroxylation is 3. The van der Waals surface area contributed by atoms with E-state index in [0.717, 1.165) is 61.0 Å². The van der Waals surface area contributed by atoms with Gasteiger partial charge in [0.05, 0.1) is 11.7 Å². The minimum Gasteiger partial charge on any atom is -0.381 e. The fourth-order valence-electron chi connectivity index (χ4n) is 5.09. The number of nitrogens with one attached hydrogen (secondary N) is 2. The second-order valence-electron chi connectivity index (χ2n) is 8.71. The third-order valence-electron chi connectivity index (χ3n) is 6.51. The van der Waals surface area contributed by atoms with Gasteiger partial charge in [-0.1, -0.05) is 6.07 Å². The number of ether oxygens (including phenoxy) is 1. The van der Waals surface area contributed by atoms with Gasteiger partial charge in [0.15, 0.2) is 0 Å². The van der Waals surface area contributed by atoms with Crippen LogP contribution < -0.4 is 14.3 Å². The molecule has 2 aromatic rings. The van der Waals surface area contributed by atoms with Crippen molar-refractivity contribution in [1.29, 1.82) is 0 Å². The summed E-state index contributed by atoms with van der Waals surface area (Å²) in [5, 5.41) is 5.10. The molecule has 2 heterocycles. The Hall–Kier alpha value is -1.17. The van der Waals surface area contributed by atoms with Gasteiger partial charge in [-0.05, 0) is 80.5 Å². The van der Waals surface area contributed by atoms with Crippen LogP contribution in [-0.4, -0.2) is 68.2 Å². The Morgan fingerprint density at radius 2 is 1.76 bits per heavy atom. The molecule has 0 atom stereocenters. The first kappa shape index (κ1) is 24.9. The average molecular weight is 500 g/mol. The molecule has 8 nitrogen and oxygen atoms in total. The van der Waals surface area contributed by atoms with E-state index < -0.39 is 16.2 Å². The average Bonchev–Trinajstić information content (AvgIpc) is 3.49. The summed E-state index contributed by atoms with van der Waals surface area (Å²) in [5.41, 5.74) is 6.46. The number of aromatic nitrogens is 1. The molecule has 1 aromatic heterocycles. The van der Waals surface area contributed by atoms with Gasteiger partial charge in [-0.2, -0.15) is 8.42 Å². The van der Waals surface area contributed by atoms with Crippen molar-refractivity contribution >= 4 is 68.0 Å². The van der Waals surface area contributed by atoms with Crippen LogP contribution in [0.25, 0.3) is 0 Å². The number of urea groups is 1. The van der Waals surface area contributed by atoms with Crippen molar-refractivity contribution in [3.8, 4) is 0 Å². The third-order valence-corrected chi connectivity index (χ3v) is 9.02. The van der Waals surface area contributed by atoms with E-state index in [1.807, 2.05) is 12.3 Å². The first-order valence-electron chi connectivity index (χ1n) is 11.2. The predicted molar refractivity (Wildman–Crippen MR) is 130 cm³/mol. The van der Waals surface area contributed by atoms with E-state index in [4.69, 9.17) is 4.74 Å². The van der Waals surface area contributed by atoms with Crippen LogP contribution in [-0.2, 0) is 40.6 Å². The molecule has 1 radical (unpaired) electrons. The summed E-state index contributed by atoms with van der Waals surface area (Å²) in [5.74, 6) is 0. The molecule has 11 heteroatoms. The molecule has 1 aromatic carbocycles. The summed E-state index contributed by atoms with van der Waals surface area (Å²) < 4.78 is 35.7. The summed E-state index contributed by atoms with van der Waals surface area (Å²) in [7, 11) is -4.15. The number of benzene rings is 1. The zero-order valence-corrected chi connectivity index (χ0v) is 22.8. The first-order chi connectivity index (χ1) is 15.4. The van der Waals surface area contributed by atoms with Crippen LogP contribution in [0.2, 0.25) is 0 Å². The molecule has 0 bridgehead atoms. The van der Waals surface area contributed by atoms with Crippen molar-refractivity contribution in [3.05, 3.63) is 39.4 Å². The fraction of sp³-hybridized carbons (Fsp3) is 0.545. The van der Waals surface area contributed by atoms with Gasteiger partial charge in [-0.15, -0.1) is 11.3 Å². The number of carbonyl (C=O) groups excluding carboxylic acids is 1. The van der Waals surface area contributed by atoms with Crippen molar-refractivity contribution in [3.63, 3.8) is 0 Å². The number of fused-ring (bicyclic) bond motifs is 2. The van der Waals surface area contributed by atoms with Crippen LogP contribution in [0.4, 0.5) is 15.6 Å². The Labute approximate surface area is 221 Å². The third kappa shape index (κ3) is 5.11. The second kappa shape index (κ2) is 10.2. The molecule has 2 aliphatic carbocycles. The minimum atomic E-state index is -4.15. The fourth-order valence-corrected chi connectivity index (χ4v) is 7.53. The van der Waals surface area contributed by atoms with Crippen molar-refractivity contribution in [2.24, 2.45) is 0 Å². The van der Waals surface area contributed by atoms with Crippen LogP contribution >= 0.6 is 11.3 Å². The maximum Gasteiger partial charge on any atom is 0.334 e. The van der Waals surface area contributed by atoms with Gasteiger partial charge >= 0.3 is 16.2 Å². The smallest absolute Gasteiger partial charge is 0.334 e. The van der Waals surface area contributed by atoms with Crippen LogP contribution in [0.15, 0.2) is 11.4 Å². The molecule has 0 spiro atoms. The minimum absolute atomic E-state index is 0. The number of amides is 2. The topological polar surface area (TPSA) is 101 Å². The molecule has 0 unspecified atom stereocenters. The first-order valence-corrected chi connectivity index (χ1v) is 13.5. The predicted octanol–water partition coefficient (Wildman–Crippen LogP) is 3.10. The Bertz CT molecular complexity index is 1110. The molecule has 33 heavy (non-hydrogen) atoms. The maximum absolute atomic E-state index is 13.4. The Morgan fingerprint density at radius 1 is 1.12 bits per heavy atom. The molecule has 2 N–H and O–H groups in total. The zero-order valence-electron chi connectivity index (χ0n) is 19.1. The van der Waals surface area contributed by atoms with Crippen molar-refractivity contribution in [2.75, 3.05) is 22.8 Å². The molecule has 1 fully saturated rings. The van der Waals surface area contributed by atoms with Crippen molar-refractivity contribution < 1.29 is 17.9 Å². The second-order valence-corrected chi connectivity index (χ2v) is 11.1. The van der Waals surface area contributed by atoms with E-state index in [1.165, 1.54) is 26.8 Å². The molecule has 5 rings (SSSR count). The van der Waals surface area contributed by atoms with Crippen LogP contribution in [0.5, 0.6) is 0 Å². The van der Waals surface area contributed by atoms with Crippen LogP contribution in [0, 0.1) is 6.92 Å². The van der Waals surface area contributed by atoms with Crippen LogP contribution in [0.1, 0.15) is 53.6 Å². The number of thiazole rings is 1. The van der Waals surface area contributed by atoms with E-state index in [2.05, 4.69) is 21.1 Å². The maximum atomic E-state index is 13.4. The Morgan fingerprint density at radius 3 is 2.33 bits per heavy atom. The number of nitrogens with zero attached hydrogens (tertiary/aromatic N) is 2. The van der Waals surface area contributed by atoms with E-state index in [9.17, 15) is 13.2 Å². The molecule has 2 amide bonds. The quantitative estimate of drug-likeness (QED) is 0.616. The number of rotatable bonds is 5. The number of carbonyl (C=O) groups is 1. The van der Waals surface area contributed by atoms with Crippen LogP contribution in [0.3, 0.4) is 0 Å². The zero-order chi connectivity index (χ0) is 22.3. The number of hydrogen-bond acceptors (Lipinski definition) is 6. The Balaban J connectivity index is 0.00000259. The molecule has 1 saturated heterocycles. The van der Waals surface area contributed by atoms with Gasteiger partial charge in [0.25, 0.3) is 0 Å². The molecule has 0 saturated carbocycles. The molecular formula is C22H28N4NaO4S2. The van der Waals surface area contributed by atoms with Gasteiger partial charge in [0.1, 0.15) is 0 Å². The summed E-state index contributed by atoms with van der Waals surface area (Å²) in [6, 6.07) is 1.26. The van der Waals surface area contributed by atoms with Gasteiger partial charge in [-0.25, -0.2) is 18.8 Å². The van der Waals surface area contributed by atoms with Gasteiger partial charge < -0.3 is 10.1 Å². The van der Waals surface area contributed by atoms with Gasteiger partial charge in [-0.3, -0.25) is 0 Å². The van der Waals surface area contributed by atoms with Crippen molar-refractivity contribution in [2.45, 2.75) is 64.3 Å². The van der Waals surface area contributed by atoms with E-state index >= 15 is 0 Å². The number of anilines is 2. The SMILES string of the molecule is Cc1csc(N(C2CCOCC2)S(=O)(=O)NC(=O)Nc2c3c(cc4c2CCC4)CCC3)n1.[Na].